The molecule has 25 heavy (non-hydrogen) atoms. The molecule has 1 aromatic carbocycles. The Bertz CT molecular complexity index is 696. The number of nitrogens with one attached hydrogen (secondary N) is 1. The van der Waals surface area contributed by atoms with Crippen LogP contribution in [0.3, 0.4) is 0 Å². The van der Waals surface area contributed by atoms with Gasteiger partial charge in [0.2, 0.25) is 0 Å². The minimum atomic E-state index is -0.210. The van der Waals surface area contributed by atoms with Gasteiger partial charge in [-0.25, -0.2) is 0 Å². The zero-order chi connectivity index (χ0) is 18.2. The van der Waals surface area contributed by atoms with Crippen LogP contribution in [0.1, 0.15) is 54.4 Å². The van der Waals surface area contributed by atoms with E-state index < -0.39 is 0 Å². The standard InChI is InChI=1S/C19H26N2O4/c1-4-5-8-24-17-7-6-14(10-18(17)23-3)13(2)21-19(22)15-9-16(11-20)25-12-15/h6-7,9-10,12-13H,4-5,8,11,20H2,1-3H3,(H,21,22). The van der Waals surface area contributed by atoms with Gasteiger partial charge >= 0.3 is 0 Å². The first-order valence-electron chi connectivity index (χ1n) is 8.48. The van der Waals surface area contributed by atoms with Crippen LogP contribution in [0.5, 0.6) is 11.5 Å². The van der Waals surface area contributed by atoms with Crippen LogP contribution in [0.25, 0.3) is 0 Å². The van der Waals surface area contributed by atoms with Gasteiger partial charge in [0.25, 0.3) is 5.91 Å². The Hall–Kier alpha value is -2.47. The third-order valence-electron chi connectivity index (χ3n) is 3.91. The Labute approximate surface area is 148 Å². The number of hydrogen-bond acceptors (Lipinski definition) is 5. The van der Waals surface area contributed by atoms with E-state index in [1.165, 1.54) is 6.26 Å². The average Bonchev–Trinajstić information content (AvgIpc) is 3.11. The summed E-state index contributed by atoms with van der Waals surface area (Å²) < 4.78 is 16.3. The molecular weight excluding hydrogens is 320 g/mol. The quantitative estimate of drug-likeness (QED) is 0.679. The minimum absolute atomic E-state index is 0.192. The van der Waals surface area contributed by atoms with Crippen LogP contribution >= 0.6 is 0 Å². The molecule has 0 saturated heterocycles. The molecule has 3 N–H and O–H groups in total. The van der Waals surface area contributed by atoms with Gasteiger partial charge in [-0.3, -0.25) is 4.79 Å². The number of methoxy groups -OCH3 is 1. The minimum Gasteiger partial charge on any atom is -0.493 e. The number of carbonyl (C=O) groups is 1. The third-order valence-corrected chi connectivity index (χ3v) is 3.91. The molecule has 2 rings (SSSR count). The molecular formula is C19H26N2O4. The second-order valence-electron chi connectivity index (χ2n) is 5.81. The number of benzene rings is 1. The summed E-state index contributed by atoms with van der Waals surface area (Å²) in [6.07, 6.45) is 3.48. The third kappa shape index (κ3) is 5.00. The first-order valence-corrected chi connectivity index (χ1v) is 8.48. The Morgan fingerprint density at radius 2 is 2.12 bits per heavy atom. The Morgan fingerprint density at radius 1 is 1.32 bits per heavy atom. The van der Waals surface area contributed by atoms with Gasteiger partial charge < -0.3 is 24.9 Å². The monoisotopic (exact) mass is 346 g/mol. The first-order chi connectivity index (χ1) is 12.1. The number of nitrogens with two attached hydrogens (primary N) is 1. The van der Waals surface area contributed by atoms with Crippen molar-refractivity contribution in [1.29, 1.82) is 0 Å². The van der Waals surface area contributed by atoms with E-state index in [0.717, 1.165) is 18.4 Å². The van der Waals surface area contributed by atoms with Gasteiger partial charge in [-0.1, -0.05) is 19.4 Å². The van der Waals surface area contributed by atoms with Crippen LogP contribution in [0, 0.1) is 0 Å². The predicted molar refractivity (Wildman–Crippen MR) is 95.9 cm³/mol. The van der Waals surface area contributed by atoms with Crippen molar-refractivity contribution in [2.45, 2.75) is 39.3 Å². The summed E-state index contributed by atoms with van der Waals surface area (Å²) in [5.41, 5.74) is 6.88. The van der Waals surface area contributed by atoms with E-state index in [9.17, 15) is 4.79 Å². The van der Waals surface area contributed by atoms with Crippen LogP contribution in [0.15, 0.2) is 34.9 Å². The summed E-state index contributed by atoms with van der Waals surface area (Å²) in [6, 6.07) is 7.13. The first kappa shape index (κ1) is 18.9. The fraction of sp³-hybridized carbons (Fsp3) is 0.421. The van der Waals surface area contributed by atoms with E-state index in [1.54, 1.807) is 13.2 Å². The van der Waals surface area contributed by atoms with E-state index in [0.29, 0.717) is 29.4 Å². The van der Waals surface area contributed by atoms with Crippen LogP contribution in [-0.4, -0.2) is 19.6 Å². The van der Waals surface area contributed by atoms with E-state index in [1.807, 2.05) is 25.1 Å². The molecule has 1 heterocycles. The summed E-state index contributed by atoms with van der Waals surface area (Å²) >= 11 is 0. The van der Waals surface area contributed by atoms with Crippen molar-refractivity contribution in [1.82, 2.24) is 5.32 Å². The molecule has 0 aliphatic carbocycles. The number of ether oxygens (including phenoxy) is 2. The second-order valence-corrected chi connectivity index (χ2v) is 5.81. The van der Waals surface area contributed by atoms with Crippen LogP contribution in [-0.2, 0) is 6.54 Å². The van der Waals surface area contributed by atoms with Crippen LogP contribution in [0.4, 0.5) is 0 Å². The number of hydrogen-bond donors (Lipinski definition) is 2. The number of unbranched alkanes of at least 4 members (excludes halogenated alkanes) is 1. The van der Waals surface area contributed by atoms with Gasteiger partial charge in [0, 0.05) is 0 Å². The molecule has 6 nitrogen and oxygen atoms in total. The van der Waals surface area contributed by atoms with E-state index >= 15 is 0 Å². The van der Waals surface area contributed by atoms with E-state index in [4.69, 9.17) is 19.6 Å². The maximum absolute atomic E-state index is 12.3. The Kier molecular flexibility index (Phi) is 6.89. The number of amides is 1. The van der Waals surface area contributed by atoms with Gasteiger partial charge in [-0.2, -0.15) is 0 Å². The van der Waals surface area contributed by atoms with Crippen molar-refractivity contribution in [2.75, 3.05) is 13.7 Å². The highest BCUT2D eigenvalue weighted by atomic mass is 16.5. The zero-order valence-electron chi connectivity index (χ0n) is 15.0. The van der Waals surface area contributed by atoms with Crippen molar-refractivity contribution in [3.8, 4) is 11.5 Å². The topological polar surface area (TPSA) is 86.7 Å². The molecule has 1 atom stereocenters. The van der Waals surface area contributed by atoms with E-state index in [2.05, 4.69) is 12.2 Å². The highest BCUT2D eigenvalue weighted by molar-refractivity contribution is 5.94. The molecule has 0 spiro atoms. The lowest BCUT2D eigenvalue weighted by molar-refractivity contribution is 0.0939. The molecule has 0 aliphatic rings. The van der Waals surface area contributed by atoms with Crippen LogP contribution < -0.4 is 20.5 Å². The van der Waals surface area contributed by atoms with E-state index in [-0.39, 0.29) is 18.5 Å². The molecule has 0 bridgehead atoms. The summed E-state index contributed by atoms with van der Waals surface area (Å²) in [6.45, 7) is 4.95. The van der Waals surface area contributed by atoms with Crippen molar-refractivity contribution < 1.29 is 18.7 Å². The lowest BCUT2D eigenvalue weighted by Gasteiger charge is -2.17. The normalized spacial score (nSPS) is 11.8. The lowest BCUT2D eigenvalue weighted by atomic mass is 10.1. The van der Waals surface area contributed by atoms with Gasteiger partial charge in [-0.15, -0.1) is 0 Å². The highest BCUT2D eigenvalue weighted by Gasteiger charge is 2.15. The maximum atomic E-state index is 12.3. The molecule has 1 unspecified atom stereocenters. The number of rotatable bonds is 9. The average molecular weight is 346 g/mol. The fourth-order valence-electron chi connectivity index (χ4n) is 2.37. The molecule has 1 aromatic heterocycles. The molecule has 2 aromatic rings. The fourth-order valence-corrected chi connectivity index (χ4v) is 2.37. The molecule has 6 heteroatoms. The van der Waals surface area contributed by atoms with Gasteiger partial charge in [0.1, 0.15) is 12.0 Å². The smallest absolute Gasteiger partial charge is 0.255 e. The summed E-state index contributed by atoms with van der Waals surface area (Å²) in [7, 11) is 1.61. The number of furan rings is 1. The van der Waals surface area contributed by atoms with Gasteiger partial charge in [0.05, 0.1) is 31.9 Å². The number of carbonyl (C=O) groups excluding carboxylic acids is 1. The Balaban J connectivity index is 2.05. The van der Waals surface area contributed by atoms with Gasteiger partial charge in [-0.05, 0) is 37.1 Å². The van der Waals surface area contributed by atoms with Crippen molar-refractivity contribution in [3.05, 3.63) is 47.4 Å². The molecule has 0 fully saturated rings. The van der Waals surface area contributed by atoms with Crippen LogP contribution in [0.2, 0.25) is 0 Å². The summed E-state index contributed by atoms with van der Waals surface area (Å²) in [5, 5.41) is 2.94. The zero-order valence-corrected chi connectivity index (χ0v) is 15.0. The molecule has 0 saturated carbocycles. The predicted octanol–water partition coefficient (Wildman–Crippen LogP) is 3.42. The van der Waals surface area contributed by atoms with Gasteiger partial charge in [0.15, 0.2) is 11.5 Å². The Morgan fingerprint density at radius 3 is 2.76 bits per heavy atom. The lowest BCUT2D eigenvalue weighted by Crippen LogP contribution is -2.26. The summed E-state index contributed by atoms with van der Waals surface area (Å²) in [5.74, 6) is 1.73. The molecule has 1 amide bonds. The second kappa shape index (κ2) is 9.13. The van der Waals surface area contributed by atoms with Crippen molar-refractivity contribution >= 4 is 5.91 Å². The maximum Gasteiger partial charge on any atom is 0.255 e. The largest absolute Gasteiger partial charge is 0.493 e. The molecule has 136 valence electrons. The SMILES string of the molecule is CCCCOc1ccc(C(C)NC(=O)c2coc(CN)c2)cc1OC. The van der Waals surface area contributed by atoms with Crippen molar-refractivity contribution in [3.63, 3.8) is 0 Å². The highest BCUT2D eigenvalue weighted by Crippen LogP contribution is 2.30. The summed E-state index contributed by atoms with van der Waals surface area (Å²) in [4.78, 5) is 12.3. The molecule has 0 radical (unpaired) electrons. The van der Waals surface area contributed by atoms with Crippen molar-refractivity contribution in [2.24, 2.45) is 5.73 Å². The molecule has 0 aliphatic heterocycles.